The summed E-state index contributed by atoms with van der Waals surface area (Å²) in [5, 5.41) is 0. The number of carbonyl (C=O) groups excluding carboxylic acids is 1. The van der Waals surface area contributed by atoms with Gasteiger partial charge in [0, 0.05) is 6.42 Å². The molecule has 1 aromatic rings. The van der Waals surface area contributed by atoms with Gasteiger partial charge in [0.25, 0.3) is 0 Å². The molecular formula is C13H16O2. The molecule has 0 N–H and O–H groups in total. The van der Waals surface area contributed by atoms with Gasteiger partial charge in [-0.1, -0.05) is 43.7 Å². The fourth-order valence-corrected chi connectivity index (χ4v) is 1.75. The standard InChI is InChI=1S/C13H16O2/c1-2-3-9-11(14)13-12(15-13)10-7-5-4-6-8-10/h4-8,12-13H,2-3,9H2,1H3. The van der Waals surface area contributed by atoms with Gasteiger partial charge >= 0.3 is 0 Å². The quantitative estimate of drug-likeness (QED) is 0.690. The number of ketones is 1. The molecule has 1 saturated heterocycles. The lowest BCUT2D eigenvalue weighted by molar-refractivity contribution is -0.120. The molecule has 1 aliphatic heterocycles. The van der Waals surface area contributed by atoms with Crippen LogP contribution in [0.15, 0.2) is 30.3 Å². The number of Topliss-reactive ketones (excluding diaryl/α,β-unsaturated/α-hetero) is 1. The van der Waals surface area contributed by atoms with Crippen molar-refractivity contribution < 1.29 is 9.53 Å². The van der Waals surface area contributed by atoms with E-state index in [-0.39, 0.29) is 18.0 Å². The van der Waals surface area contributed by atoms with Gasteiger partial charge in [-0.2, -0.15) is 0 Å². The van der Waals surface area contributed by atoms with Crippen LogP contribution in [-0.4, -0.2) is 11.9 Å². The van der Waals surface area contributed by atoms with Gasteiger partial charge < -0.3 is 4.74 Å². The minimum Gasteiger partial charge on any atom is -0.356 e. The Morgan fingerprint density at radius 3 is 2.73 bits per heavy atom. The molecule has 1 aromatic carbocycles. The first-order valence-electron chi connectivity index (χ1n) is 5.56. The van der Waals surface area contributed by atoms with Crippen LogP contribution in [0.1, 0.15) is 37.9 Å². The third-order valence-corrected chi connectivity index (χ3v) is 2.71. The Balaban J connectivity index is 1.88. The Labute approximate surface area is 90.3 Å². The molecule has 0 bridgehead atoms. The van der Waals surface area contributed by atoms with E-state index in [2.05, 4.69) is 6.92 Å². The summed E-state index contributed by atoms with van der Waals surface area (Å²) in [4.78, 5) is 11.6. The maximum Gasteiger partial charge on any atom is 0.164 e. The van der Waals surface area contributed by atoms with E-state index >= 15 is 0 Å². The number of carbonyl (C=O) groups is 1. The van der Waals surface area contributed by atoms with Crippen molar-refractivity contribution in [3.8, 4) is 0 Å². The van der Waals surface area contributed by atoms with Gasteiger partial charge in [0.2, 0.25) is 0 Å². The van der Waals surface area contributed by atoms with E-state index in [0.717, 1.165) is 18.4 Å². The van der Waals surface area contributed by atoms with E-state index in [1.165, 1.54) is 0 Å². The largest absolute Gasteiger partial charge is 0.356 e. The molecule has 80 valence electrons. The first kappa shape index (κ1) is 10.4. The average Bonchev–Trinajstić information content (AvgIpc) is 3.07. The van der Waals surface area contributed by atoms with Crippen LogP contribution < -0.4 is 0 Å². The van der Waals surface area contributed by atoms with Crippen molar-refractivity contribution in [3.05, 3.63) is 35.9 Å². The van der Waals surface area contributed by atoms with Crippen LogP contribution in [0, 0.1) is 0 Å². The van der Waals surface area contributed by atoms with Gasteiger partial charge in [0.1, 0.15) is 12.2 Å². The molecule has 1 heterocycles. The highest BCUT2D eigenvalue weighted by Crippen LogP contribution is 2.39. The van der Waals surface area contributed by atoms with Crippen molar-refractivity contribution in [2.24, 2.45) is 0 Å². The van der Waals surface area contributed by atoms with E-state index < -0.39 is 0 Å². The van der Waals surface area contributed by atoms with Gasteiger partial charge in [-0.3, -0.25) is 4.79 Å². The molecule has 1 fully saturated rings. The highest BCUT2D eigenvalue weighted by Gasteiger charge is 2.44. The molecule has 1 aliphatic rings. The molecular weight excluding hydrogens is 188 g/mol. The highest BCUT2D eigenvalue weighted by atomic mass is 16.6. The second-order valence-corrected chi connectivity index (χ2v) is 3.96. The van der Waals surface area contributed by atoms with E-state index in [0.29, 0.717) is 6.42 Å². The highest BCUT2D eigenvalue weighted by molar-refractivity contribution is 5.86. The van der Waals surface area contributed by atoms with E-state index in [1.807, 2.05) is 30.3 Å². The number of ether oxygens (including phenoxy) is 1. The Kier molecular flexibility index (Phi) is 3.17. The molecule has 15 heavy (non-hydrogen) atoms. The van der Waals surface area contributed by atoms with Gasteiger partial charge in [0.05, 0.1) is 0 Å². The second kappa shape index (κ2) is 4.58. The summed E-state index contributed by atoms with van der Waals surface area (Å²) >= 11 is 0. The fourth-order valence-electron chi connectivity index (χ4n) is 1.75. The zero-order valence-electron chi connectivity index (χ0n) is 8.98. The summed E-state index contributed by atoms with van der Waals surface area (Å²) in [6.07, 6.45) is 2.55. The van der Waals surface area contributed by atoms with Gasteiger partial charge in [0.15, 0.2) is 5.78 Å². The molecule has 2 heteroatoms. The molecule has 2 nitrogen and oxygen atoms in total. The topological polar surface area (TPSA) is 29.6 Å². The van der Waals surface area contributed by atoms with Crippen molar-refractivity contribution in [2.75, 3.05) is 0 Å². The van der Waals surface area contributed by atoms with Crippen LogP contribution >= 0.6 is 0 Å². The molecule has 0 aliphatic carbocycles. The summed E-state index contributed by atoms with van der Waals surface area (Å²) in [5.74, 6) is 0.255. The van der Waals surface area contributed by atoms with Crippen molar-refractivity contribution in [1.29, 1.82) is 0 Å². The van der Waals surface area contributed by atoms with Crippen molar-refractivity contribution >= 4 is 5.78 Å². The number of hydrogen-bond acceptors (Lipinski definition) is 2. The lowest BCUT2D eigenvalue weighted by atomic mass is 10.0. The van der Waals surface area contributed by atoms with Crippen LogP contribution in [0.5, 0.6) is 0 Å². The van der Waals surface area contributed by atoms with Crippen LogP contribution in [0.25, 0.3) is 0 Å². The normalized spacial score (nSPS) is 23.8. The first-order valence-corrected chi connectivity index (χ1v) is 5.56. The second-order valence-electron chi connectivity index (χ2n) is 3.96. The SMILES string of the molecule is CCCCC(=O)C1OC1c1ccccc1. The lowest BCUT2D eigenvalue weighted by Crippen LogP contribution is -2.06. The molecule has 0 amide bonds. The summed E-state index contributed by atoms with van der Waals surface area (Å²) < 4.78 is 5.41. The zero-order valence-corrected chi connectivity index (χ0v) is 8.98. The lowest BCUT2D eigenvalue weighted by Gasteiger charge is -1.95. The number of epoxide rings is 1. The monoisotopic (exact) mass is 204 g/mol. The number of unbranched alkanes of at least 4 members (excludes halogenated alkanes) is 1. The third kappa shape index (κ3) is 2.45. The smallest absolute Gasteiger partial charge is 0.164 e. The van der Waals surface area contributed by atoms with Crippen LogP contribution in [0.3, 0.4) is 0 Å². The molecule has 2 atom stereocenters. The maximum absolute atomic E-state index is 11.6. The predicted molar refractivity (Wildman–Crippen MR) is 58.6 cm³/mol. The number of hydrogen-bond donors (Lipinski definition) is 0. The summed E-state index contributed by atoms with van der Waals surface area (Å²) in [7, 11) is 0. The van der Waals surface area contributed by atoms with Crippen LogP contribution in [0.2, 0.25) is 0 Å². The van der Waals surface area contributed by atoms with Gasteiger partial charge in [-0.15, -0.1) is 0 Å². The summed E-state index contributed by atoms with van der Waals surface area (Å²) in [6.45, 7) is 2.09. The molecule has 0 aromatic heterocycles. The average molecular weight is 204 g/mol. The minimum atomic E-state index is -0.168. The number of rotatable bonds is 5. The fraction of sp³-hybridized carbons (Fsp3) is 0.462. The Hall–Kier alpha value is -1.15. The molecule has 2 unspecified atom stereocenters. The molecule has 0 saturated carbocycles. The van der Waals surface area contributed by atoms with E-state index in [9.17, 15) is 4.79 Å². The summed E-state index contributed by atoms with van der Waals surface area (Å²) in [6, 6.07) is 9.95. The van der Waals surface area contributed by atoms with Crippen molar-refractivity contribution in [3.63, 3.8) is 0 Å². The van der Waals surface area contributed by atoms with E-state index in [4.69, 9.17) is 4.74 Å². The van der Waals surface area contributed by atoms with Crippen molar-refractivity contribution in [2.45, 2.75) is 38.4 Å². The van der Waals surface area contributed by atoms with E-state index in [1.54, 1.807) is 0 Å². The zero-order chi connectivity index (χ0) is 10.7. The Bertz CT molecular complexity index is 332. The predicted octanol–water partition coefficient (Wildman–Crippen LogP) is 2.89. The maximum atomic E-state index is 11.6. The molecule has 0 spiro atoms. The van der Waals surface area contributed by atoms with Gasteiger partial charge in [-0.25, -0.2) is 0 Å². The van der Waals surface area contributed by atoms with Gasteiger partial charge in [-0.05, 0) is 12.0 Å². The Morgan fingerprint density at radius 2 is 2.07 bits per heavy atom. The first-order chi connectivity index (χ1) is 7.33. The summed E-state index contributed by atoms with van der Waals surface area (Å²) in [5.41, 5.74) is 1.12. The third-order valence-electron chi connectivity index (χ3n) is 2.71. The number of benzene rings is 1. The molecule has 2 rings (SSSR count). The van der Waals surface area contributed by atoms with Crippen LogP contribution in [-0.2, 0) is 9.53 Å². The van der Waals surface area contributed by atoms with Crippen molar-refractivity contribution in [1.82, 2.24) is 0 Å². The van der Waals surface area contributed by atoms with Crippen LogP contribution in [0.4, 0.5) is 0 Å². The minimum absolute atomic E-state index is 0.0237. The Morgan fingerprint density at radius 1 is 1.33 bits per heavy atom. The molecule has 0 radical (unpaired) electrons.